The van der Waals surface area contributed by atoms with Gasteiger partial charge in [0.1, 0.15) is 0 Å². The molecule has 0 bridgehead atoms. The molecule has 1 aliphatic carbocycles. The van der Waals surface area contributed by atoms with Gasteiger partial charge in [-0.1, -0.05) is 19.3 Å². The Morgan fingerprint density at radius 2 is 1.44 bits per heavy atom. The highest BCUT2D eigenvalue weighted by molar-refractivity contribution is 6.60. The molecule has 1 saturated carbocycles. The molecule has 1 rings (SSSR count). The van der Waals surface area contributed by atoms with Crippen LogP contribution in [0.5, 0.6) is 0 Å². The van der Waals surface area contributed by atoms with Crippen molar-refractivity contribution in [2.75, 3.05) is 26.4 Å². The average molecular weight is 403 g/mol. The molecule has 1 aliphatic rings. The van der Waals surface area contributed by atoms with Gasteiger partial charge in [0.05, 0.1) is 0 Å². The normalized spacial score (nSPS) is 15.5. The zero-order valence-corrected chi connectivity index (χ0v) is 18.3. The molecule has 7 nitrogen and oxygen atoms in total. The molecule has 0 heterocycles. The maximum atomic E-state index is 12.0. The summed E-state index contributed by atoms with van der Waals surface area (Å²) in [5.74, 6) is -0.113. The van der Waals surface area contributed by atoms with Gasteiger partial charge in [0, 0.05) is 51.3 Å². The van der Waals surface area contributed by atoms with Crippen LogP contribution in [-0.2, 0) is 22.9 Å². The van der Waals surface area contributed by atoms with Crippen LogP contribution in [0.25, 0.3) is 0 Å². The van der Waals surface area contributed by atoms with E-state index in [2.05, 4.69) is 10.6 Å². The van der Waals surface area contributed by atoms with E-state index in [1.54, 1.807) is 0 Å². The number of hydrogen-bond donors (Lipinski definition) is 2. The van der Waals surface area contributed by atoms with E-state index in [1.807, 2.05) is 20.8 Å². The van der Waals surface area contributed by atoms with Gasteiger partial charge < -0.3 is 23.9 Å². The molecule has 0 aromatic carbocycles. The highest BCUT2D eigenvalue weighted by Gasteiger charge is 2.39. The Labute approximate surface area is 165 Å². The minimum Gasteiger partial charge on any atom is -0.374 e. The molecular formula is C19H38N2O5Si. The predicted octanol–water partition coefficient (Wildman–Crippen LogP) is 2.77. The van der Waals surface area contributed by atoms with Crippen LogP contribution in [0.2, 0.25) is 6.04 Å². The number of carbonyl (C=O) groups is 2. The van der Waals surface area contributed by atoms with E-state index >= 15 is 0 Å². The summed E-state index contributed by atoms with van der Waals surface area (Å²) in [5, 5.41) is 5.92. The van der Waals surface area contributed by atoms with Crippen LogP contribution in [0.4, 0.5) is 0 Å². The standard InChI is InChI=1S/C19H38N2O5Si/c1-4-24-27(25-5-2,26-6-3)16-10-15-20-18(22)13-14-19(23)21-17-11-8-7-9-12-17/h17H,4-16H2,1-3H3,(H,20,22)(H,21,23). The van der Waals surface area contributed by atoms with Crippen molar-refractivity contribution < 1.29 is 22.9 Å². The third-order valence-corrected chi connectivity index (χ3v) is 7.78. The van der Waals surface area contributed by atoms with Crippen LogP contribution in [0, 0.1) is 0 Å². The van der Waals surface area contributed by atoms with Crippen molar-refractivity contribution in [3.63, 3.8) is 0 Å². The molecule has 158 valence electrons. The Hall–Kier alpha value is -0.963. The highest BCUT2D eigenvalue weighted by Crippen LogP contribution is 2.18. The van der Waals surface area contributed by atoms with Gasteiger partial charge in [-0.15, -0.1) is 0 Å². The first-order valence-electron chi connectivity index (χ1n) is 10.5. The van der Waals surface area contributed by atoms with E-state index < -0.39 is 8.80 Å². The lowest BCUT2D eigenvalue weighted by Crippen LogP contribution is -2.46. The van der Waals surface area contributed by atoms with Crippen LogP contribution in [0.15, 0.2) is 0 Å². The molecule has 0 unspecified atom stereocenters. The number of carbonyl (C=O) groups excluding carboxylic acids is 2. The van der Waals surface area contributed by atoms with Gasteiger partial charge in [-0.2, -0.15) is 0 Å². The predicted molar refractivity (Wildman–Crippen MR) is 107 cm³/mol. The number of nitrogens with one attached hydrogen (secondary N) is 2. The van der Waals surface area contributed by atoms with E-state index in [-0.39, 0.29) is 24.7 Å². The maximum absolute atomic E-state index is 12.0. The number of hydrogen-bond acceptors (Lipinski definition) is 5. The summed E-state index contributed by atoms with van der Waals surface area (Å²) in [5.41, 5.74) is 0. The van der Waals surface area contributed by atoms with E-state index in [1.165, 1.54) is 19.3 Å². The second-order valence-electron chi connectivity index (χ2n) is 6.84. The van der Waals surface area contributed by atoms with E-state index in [9.17, 15) is 9.59 Å². The second kappa shape index (κ2) is 14.1. The van der Waals surface area contributed by atoms with Crippen molar-refractivity contribution in [1.82, 2.24) is 10.6 Å². The lowest BCUT2D eigenvalue weighted by atomic mass is 9.95. The van der Waals surface area contributed by atoms with Crippen LogP contribution in [0.3, 0.4) is 0 Å². The van der Waals surface area contributed by atoms with Crippen molar-refractivity contribution in [3.05, 3.63) is 0 Å². The monoisotopic (exact) mass is 402 g/mol. The average Bonchev–Trinajstić information content (AvgIpc) is 2.65. The first-order chi connectivity index (χ1) is 13.0. The molecule has 0 saturated heterocycles. The van der Waals surface area contributed by atoms with E-state index in [0.717, 1.165) is 19.3 Å². The first-order valence-corrected chi connectivity index (χ1v) is 12.5. The second-order valence-corrected chi connectivity index (χ2v) is 9.57. The van der Waals surface area contributed by atoms with Crippen molar-refractivity contribution in [3.8, 4) is 0 Å². The summed E-state index contributed by atoms with van der Waals surface area (Å²) in [4.78, 5) is 23.9. The van der Waals surface area contributed by atoms with Crippen molar-refractivity contribution in [1.29, 1.82) is 0 Å². The number of amides is 2. The zero-order valence-electron chi connectivity index (χ0n) is 17.3. The molecule has 0 aromatic rings. The molecule has 2 amide bonds. The minimum atomic E-state index is -2.64. The molecule has 0 spiro atoms. The Bertz CT molecular complexity index is 413. The summed E-state index contributed by atoms with van der Waals surface area (Å²) in [6, 6.07) is 0.966. The molecule has 1 fully saturated rings. The lowest BCUT2D eigenvalue weighted by molar-refractivity contribution is -0.126. The smallest absolute Gasteiger partial charge is 0.374 e. The SMILES string of the molecule is CCO[Si](CCCNC(=O)CCC(=O)NC1CCCCC1)(OCC)OCC. The van der Waals surface area contributed by atoms with E-state index in [4.69, 9.17) is 13.3 Å². The topological polar surface area (TPSA) is 85.9 Å². The largest absolute Gasteiger partial charge is 0.500 e. The fourth-order valence-electron chi connectivity index (χ4n) is 3.40. The van der Waals surface area contributed by atoms with Crippen LogP contribution >= 0.6 is 0 Å². The van der Waals surface area contributed by atoms with Gasteiger partial charge >= 0.3 is 8.80 Å². The van der Waals surface area contributed by atoms with Crippen molar-refractivity contribution in [2.45, 2.75) is 84.2 Å². The fourth-order valence-corrected chi connectivity index (χ4v) is 6.01. The van der Waals surface area contributed by atoms with Gasteiger partial charge in [0.2, 0.25) is 11.8 Å². The van der Waals surface area contributed by atoms with Gasteiger partial charge in [-0.3, -0.25) is 9.59 Å². The van der Waals surface area contributed by atoms with Gasteiger partial charge in [0.25, 0.3) is 0 Å². The molecule has 0 aliphatic heterocycles. The zero-order chi connectivity index (χ0) is 20.0. The summed E-state index contributed by atoms with van der Waals surface area (Å²) >= 11 is 0. The molecule has 0 atom stereocenters. The summed E-state index contributed by atoms with van der Waals surface area (Å²) in [6.45, 7) is 7.98. The van der Waals surface area contributed by atoms with E-state index in [0.29, 0.717) is 38.5 Å². The first kappa shape index (κ1) is 24.1. The third kappa shape index (κ3) is 10.2. The van der Waals surface area contributed by atoms with Gasteiger partial charge in [0.15, 0.2) is 0 Å². The number of rotatable bonds is 14. The minimum absolute atomic E-state index is 0.0208. The third-order valence-electron chi connectivity index (χ3n) is 4.62. The molecule has 0 aromatic heterocycles. The lowest BCUT2D eigenvalue weighted by Gasteiger charge is -2.28. The maximum Gasteiger partial charge on any atom is 0.500 e. The van der Waals surface area contributed by atoms with Gasteiger partial charge in [-0.25, -0.2) is 0 Å². The van der Waals surface area contributed by atoms with Crippen LogP contribution in [0.1, 0.15) is 72.1 Å². The summed E-state index contributed by atoms with van der Waals surface area (Å²) in [6.07, 6.45) is 6.94. The van der Waals surface area contributed by atoms with Crippen molar-refractivity contribution >= 4 is 20.6 Å². The molecule has 27 heavy (non-hydrogen) atoms. The molecule has 8 heteroatoms. The molecular weight excluding hydrogens is 364 g/mol. The Morgan fingerprint density at radius 1 is 0.889 bits per heavy atom. The van der Waals surface area contributed by atoms with Crippen LogP contribution in [-0.4, -0.2) is 53.0 Å². The summed E-state index contributed by atoms with van der Waals surface area (Å²) in [7, 11) is -2.64. The Kier molecular flexibility index (Phi) is 12.6. The Balaban J connectivity index is 2.21. The Morgan fingerprint density at radius 3 is 2.00 bits per heavy atom. The highest BCUT2D eigenvalue weighted by atomic mass is 28.4. The summed E-state index contributed by atoms with van der Waals surface area (Å²) < 4.78 is 17.4. The van der Waals surface area contributed by atoms with Crippen molar-refractivity contribution in [2.24, 2.45) is 0 Å². The quantitative estimate of drug-likeness (QED) is 0.345. The van der Waals surface area contributed by atoms with Crippen LogP contribution < -0.4 is 10.6 Å². The molecule has 2 N–H and O–H groups in total. The fraction of sp³-hybridized carbons (Fsp3) is 0.895. The molecule has 0 radical (unpaired) electrons. The van der Waals surface area contributed by atoms with Gasteiger partial charge in [-0.05, 0) is 40.0 Å².